The minimum Gasteiger partial charge on any atom is -0.454 e. The Balaban J connectivity index is 1.52. The molecule has 146 valence electrons. The second-order valence-electron chi connectivity index (χ2n) is 6.41. The standard InChI is InChI=1S/C19H18N2O6S/c1-2-20(10-13-7-8-15-16(9-13)27-12-26-15)18(22)11-21-19(23)14-5-3-4-6-17(14)28(21,24)25/h3-9H,2,10-12H2,1H3. The minimum absolute atomic E-state index is 0.0633. The second kappa shape index (κ2) is 6.83. The molecule has 0 aromatic heterocycles. The van der Waals surface area contributed by atoms with Crippen molar-refractivity contribution < 1.29 is 27.5 Å². The van der Waals surface area contributed by atoms with Crippen LogP contribution in [-0.4, -0.2) is 49.3 Å². The first-order chi connectivity index (χ1) is 13.4. The van der Waals surface area contributed by atoms with Crippen molar-refractivity contribution in [2.45, 2.75) is 18.4 Å². The number of ether oxygens (including phenoxy) is 2. The zero-order valence-corrected chi connectivity index (χ0v) is 15.9. The third-order valence-corrected chi connectivity index (χ3v) is 6.52. The van der Waals surface area contributed by atoms with Crippen LogP contribution in [0.4, 0.5) is 0 Å². The van der Waals surface area contributed by atoms with Crippen LogP contribution < -0.4 is 9.47 Å². The molecule has 8 nitrogen and oxygen atoms in total. The molecule has 2 aliphatic heterocycles. The number of amides is 2. The Morgan fingerprint density at radius 1 is 1.14 bits per heavy atom. The number of hydrogen-bond donors (Lipinski definition) is 0. The molecule has 0 saturated carbocycles. The van der Waals surface area contributed by atoms with Crippen LogP contribution in [0, 0.1) is 0 Å². The van der Waals surface area contributed by atoms with E-state index in [0.717, 1.165) is 5.56 Å². The van der Waals surface area contributed by atoms with Crippen molar-refractivity contribution in [2.75, 3.05) is 19.9 Å². The van der Waals surface area contributed by atoms with E-state index >= 15 is 0 Å². The number of carbonyl (C=O) groups is 2. The average molecular weight is 402 g/mol. The fourth-order valence-corrected chi connectivity index (χ4v) is 4.76. The Morgan fingerprint density at radius 2 is 1.89 bits per heavy atom. The van der Waals surface area contributed by atoms with Crippen LogP contribution in [0.2, 0.25) is 0 Å². The summed E-state index contributed by atoms with van der Waals surface area (Å²) in [7, 11) is -4.01. The molecule has 2 aromatic carbocycles. The summed E-state index contributed by atoms with van der Waals surface area (Å²) in [6.45, 7) is 2.04. The maximum atomic E-state index is 12.8. The van der Waals surface area contributed by atoms with E-state index < -0.39 is 28.4 Å². The van der Waals surface area contributed by atoms with E-state index in [4.69, 9.17) is 9.47 Å². The lowest BCUT2D eigenvalue weighted by atomic mass is 10.2. The SMILES string of the molecule is CCN(Cc1ccc2c(c1)OCO2)C(=O)CN1C(=O)c2ccccc2S1(=O)=O. The maximum absolute atomic E-state index is 12.8. The van der Waals surface area contributed by atoms with E-state index in [-0.39, 0.29) is 23.8 Å². The van der Waals surface area contributed by atoms with Gasteiger partial charge in [0.25, 0.3) is 15.9 Å². The topological polar surface area (TPSA) is 93.2 Å². The van der Waals surface area contributed by atoms with Gasteiger partial charge in [0.05, 0.1) is 5.56 Å². The molecule has 4 rings (SSSR count). The molecule has 0 N–H and O–H groups in total. The van der Waals surface area contributed by atoms with Crippen molar-refractivity contribution in [1.82, 2.24) is 9.21 Å². The largest absolute Gasteiger partial charge is 0.454 e. The van der Waals surface area contributed by atoms with Gasteiger partial charge in [0.2, 0.25) is 12.7 Å². The summed E-state index contributed by atoms with van der Waals surface area (Å²) in [5.41, 5.74) is 0.910. The van der Waals surface area contributed by atoms with Crippen LogP contribution in [-0.2, 0) is 21.4 Å². The highest BCUT2D eigenvalue weighted by Gasteiger charge is 2.42. The van der Waals surface area contributed by atoms with E-state index in [1.807, 2.05) is 6.07 Å². The highest BCUT2D eigenvalue weighted by atomic mass is 32.2. The first kappa shape index (κ1) is 18.3. The molecule has 0 fully saturated rings. The van der Waals surface area contributed by atoms with E-state index in [9.17, 15) is 18.0 Å². The number of likely N-dealkylation sites (N-methyl/N-ethyl adjacent to an activating group) is 1. The predicted molar refractivity (Wildman–Crippen MR) is 98.3 cm³/mol. The molecule has 0 bridgehead atoms. The summed E-state index contributed by atoms with van der Waals surface area (Å²) in [4.78, 5) is 26.7. The quantitative estimate of drug-likeness (QED) is 0.754. The third kappa shape index (κ3) is 2.97. The van der Waals surface area contributed by atoms with E-state index in [1.54, 1.807) is 31.2 Å². The number of benzene rings is 2. The van der Waals surface area contributed by atoms with Crippen molar-refractivity contribution >= 4 is 21.8 Å². The Labute approximate surface area is 162 Å². The third-order valence-electron chi connectivity index (χ3n) is 4.74. The maximum Gasteiger partial charge on any atom is 0.269 e. The lowest BCUT2D eigenvalue weighted by molar-refractivity contribution is -0.131. The summed E-state index contributed by atoms with van der Waals surface area (Å²) in [6, 6.07) is 11.3. The van der Waals surface area contributed by atoms with Crippen molar-refractivity contribution in [3.8, 4) is 11.5 Å². The van der Waals surface area contributed by atoms with Crippen LogP contribution in [0.15, 0.2) is 47.4 Å². The Bertz CT molecular complexity index is 1070. The molecule has 28 heavy (non-hydrogen) atoms. The Kier molecular flexibility index (Phi) is 4.46. The second-order valence-corrected chi connectivity index (χ2v) is 8.24. The number of hydrogen-bond acceptors (Lipinski definition) is 6. The van der Waals surface area contributed by atoms with Gasteiger partial charge in [0, 0.05) is 13.1 Å². The van der Waals surface area contributed by atoms with Gasteiger partial charge < -0.3 is 14.4 Å². The molecule has 0 saturated heterocycles. The molecule has 0 spiro atoms. The van der Waals surface area contributed by atoms with Crippen molar-refractivity contribution in [2.24, 2.45) is 0 Å². The fraction of sp³-hybridized carbons (Fsp3) is 0.263. The summed E-state index contributed by atoms with van der Waals surface area (Å²) >= 11 is 0. The molecular weight excluding hydrogens is 384 g/mol. The number of fused-ring (bicyclic) bond motifs is 2. The summed E-state index contributed by atoms with van der Waals surface area (Å²) in [5.74, 6) is 0.117. The van der Waals surface area contributed by atoms with Crippen LogP contribution >= 0.6 is 0 Å². The molecule has 2 heterocycles. The average Bonchev–Trinajstić information content (AvgIpc) is 3.23. The minimum atomic E-state index is -4.01. The Hall–Kier alpha value is -3.07. The highest BCUT2D eigenvalue weighted by molar-refractivity contribution is 7.90. The molecular formula is C19H18N2O6S. The molecule has 0 aliphatic carbocycles. The lowest BCUT2D eigenvalue weighted by Gasteiger charge is -2.24. The number of rotatable bonds is 5. The summed E-state index contributed by atoms with van der Waals surface area (Å²) in [6.07, 6.45) is 0. The van der Waals surface area contributed by atoms with Gasteiger partial charge in [-0.25, -0.2) is 12.7 Å². The molecule has 2 aliphatic rings. The molecule has 2 aromatic rings. The van der Waals surface area contributed by atoms with Crippen molar-refractivity contribution in [3.63, 3.8) is 0 Å². The van der Waals surface area contributed by atoms with Crippen LogP contribution in [0.1, 0.15) is 22.8 Å². The van der Waals surface area contributed by atoms with Gasteiger partial charge in [-0.1, -0.05) is 18.2 Å². The van der Waals surface area contributed by atoms with Gasteiger partial charge in [0.15, 0.2) is 11.5 Å². The van der Waals surface area contributed by atoms with E-state index in [0.29, 0.717) is 22.3 Å². The number of sulfonamides is 1. The number of nitrogens with zero attached hydrogens (tertiary/aromatic N) is 2. The lowest BCUT2D eigenvalue weighted by Crippen LogP contribution is -2.42. The smallest absolute Gasteiger partial charge is 0.269 e. The van der Waals surface area contributed by atoms with Gasteiger partial charge in [-0.2, -0.15) is 0 Å². The normalized spacial score (nSPS) is 16.2. The monoisotopic (exact) mass is 402 g/mol. The highest BCUT2D eigenvalue weighted by Crippen LogP contribution is 2.33. The van der Waals surface area contributed by atoms with Gasteiger partial charge in [0.1, 0.15) is 11.4 Å². The van der Waals surface area contributed by atoms with E-state index in [2.05, 4.69) is 0 Å². The van der Waals surface area contributed by atoms with Gasteiger partial charge >= 0.3 is 0 Å². The fourth-order valence-electron chi connectivity index (χ4n) is 3.25. The first-order valence-corrected chi connectivity index (χ1v) is 10.2. The van der Waals surface area contributed by atoms with Crippen LogP contribution in [0.25, 0.3) is 0 Å². The van der Waals surface area contributed by atoms with Gasteiger partial charge in [-0.15, -0.1) is 0 Å². The first-order valence-electron chi connectivity index (χ1n) is 8.74. The zero-order chi connectivity index (χ0) is 19.9. The van der Waals surface area contributed by atoms with Crippen molar-refractivity contribution in [3.05, 3.63) is 53.6 Å². The Morgan fingerprint density at radius 3 is 2.64 bits per heavy atom. The molecule has 0 unspecified atom stereocenters. The predicted octanol–water partition coefficient (Wildman–Crippen LogP) is 1.61. The molecule has 0 radical (unpaired) electrons. The molecule has 0 atom stereocenters. The van der Waals surface area contributed by atoms with Gasteiger partial charge in [-0.05, 0) is 36.8 Å². The molecule has 2 amide bonds. The zero-order valence-electron chi connectivity index (χ0n) is 15.1. The van der Waals surface area contributed by atoms with E-state index in [1.165, 1.54) is 17.0 Å². The number of carbonyl (C=O) groups excluding carboxylic acids is 2. The van der Waals surface area contributed by atoms with Gasteiger partial charge in [-0.3, -0.25) is 9.59 Å². The summed E-state index contributed by atoms with van der Waals surface area (Å²) < 4.78 is 36.5. The molecule has 9 heteroatoms. The van der Waals surface area contributed by atoms with Crippen LogP contribution in [0.5, 0.6) is 11.5 Å². The van der Waals surface area contributed by atoms with Crippen molar-refractivity contribution in [1.29, 1.82) is 0 Å². The summed E-state index contributed by atoms with van der Waals surface area (Å²) in [5, 5.41) is 0. The van der Waals surface area contributed by atoms with Crippen LogP contribution in [0.3, 0.4) is 0 Å².